The van der Waals surface area contributed by atoms with Crippen molar-refractivity contribution in [2.45, 2.75) is 19.4 Å². The molecular weight excluding hydrogens is 376 g/mol. The lowest BCUT2D eigenvalue weighted by atomic mass is 9.96. The molecule has 0 radical (unpaired) electrons. The van der Waals surface area contributed by atoms with Gasteiger partial charge in [0.2, 0.25) is 0 Å². The van der Waals surface area contributed by atoms with Crippen LogP contribution in [0.2, 0.25) is 0 Å². The van der Waals surface area contributed by atoms with Gasteiger partial charge in [0, 0.05) is 43.7 Å². The minimum Gasteiger partial charge on any atom is -0.355 e. The van der Waals surface area contributed by atoms with E-state index >= 15 is 0 Å². The van der Waals surface area contributed by atoms with E-state index in [-0.39, 0.29) is 5.56 Å². The van der Waals surface area contributed by atoms with Crippen LogP contribution in [0.4, 0.5) is 5.82 Å². The summed E-state index contributed by atoms with van der Waals surface area (Å²) in [5.74, 6) is 1.37. The summed E-state index contributed by atoms with van der Waals surface area (Å²) in [4.78, 5) is 32.7. The van der Waals surface area contributed by atoms with Crippen LogP contribution >= 0.6 is 0 Å². The largest absolute Gasteiger partial charge is 0.355 e. The fraction of sp³-hybridized carbons (Fsp3) is 0.261. The first kappa shape index (κ1) is 18.4. The highest BCUT2D eigenvalue weighted by molar-refractivity contribution is 5.75. The number of anilines is 1. The van der Waals surface area contributed by atoms with Gasteiger partial charge < -0.3 is 4.90 Å². The quantitative estimate of drug-likeness (QED) is 0.526. The zero-order valence-electron chi connectivity index (χ0n) is 16.6. The maximum absolute atomic E-state index is 12.6. The average Bonchev–Trinajstić information content (AvgIpc) is 2.81. The molecule has 5 rings (SSSR count). The number of pyridine rings is 1. The standard InChI is InChI=1S/C23H22N6O/c30-23-12-21(18-4-3-9-24-13-18)26-16-29(23)15-17-7-10-28(11-8-17)22-14-25-19-5-1-2-6-20(19)27-22/h1-6,9,12-14,16-17H,7-8,10-11,15H2. The Labute approximate surface area is 174 Å². The van der Waals surface area contributed by atoms with Crippen LogP contribution in [-0.4, -0.2) is 37.6 Å². The van der Waals surface area contributed by atoms with E-state index < -0.39 is 0 Å². The average molecular weight is 398 g/mol. The Morgan fingerprint density at radius 1 is 0.967 bits per heavy atom. The van der Waals surface area contributed by atoms with Crippen LogP contribution in [0.25, 0.3) is 22.3 Å². The monoisotopic (exact) mass is 398 g/mol. The number of hydrogen-bond donors (Lipinski definition) is 0. The topological polar surface area (TPSA) is 76.8 Å². The van der Waals surface area contributed by atoms with Crippen LogP contribution < -0.4 is 10.5 Å². The zero-order valence-corrected chi connectivity index (χ0v) is 16.6. The molecular formula is C23H22N6O. The summed E-state index contributed by atoms with van der Waals surface area (Å²) in [6, 6.07) is 13.3. The van der Waals surface area contributed by atoms with Gasteiger partial charge in [0.1, 0.15) is 5.82 Å². The van der Waals surface area contributed by atoms with Crippen molar-refractivity contribution < 1.29 is 0 Å². The van der Waals surface area contributed by atoms with Crippen molar-refractivity contribution in [3.05, 3.63) is 77.7 Å². The molecule has 4 aromatic rings. The fourth-order valence-corrected chi connectivity index (χ4v) is 3.96. The molecule has 0 amide bonds. The van der Waals surface area contributed by atoms with Crippen LogP contribution in [0.1, 0.15) is 12.8 Å². The van der Waals surface area contributed by atoms with Crippen molar-refractivity contribution in [1.29, 1.82) is 0 Å². The Balaban J connectivity index is 1.24. The van der Waals surface area contributed by atoms with Crippen molar-refractivity contribution in [1.82, 2.24) is 24.5 Å². The molecule has 3 aromatic heterocycles. The summed E-state index contributed by atoms with van der Waals surface area (Å²) in [6.45, 7) is 2.51. The Hall–Kier alpha value is -3.61. The first-order chi connectivity index (χ1) is 14.8. The van der Waals surface area contributed by atoms with Crippen molar-refractivity contribution in [3.8, 4) is 11.3 Å². The van der Waals surface area contributed by atoms with Gasteiger partial charge in [0.15, 0.2) is 0 Å². The normalized spacial score (nSPS) is 14.9. The highest BCUT2D eigenvalue weighted by Gasteiger charge is 2.21. The van der Waals surface area contributed by atoms with Gasteiger partial charge >= 0.3 is 0 Å². The summed E-state index contributed by atoms with van der Waals surface area (Å²) in [5, 5.41) is 0. The summed E-state index contributed by atoms with van der Waals surface area (Å²) < 4.78 is 1.72. The predicted octanol–water partition coefficient (Wildman–Crippen LogP) is 3.17. The Morgan fingerprint density at radius 2 is 1.80 bits per heavy atom. The molecule has 30 heavy (non-hydrogen) atoms. The molecule has 0 aliphatic carbocycles. The first-order valence-corrected chi connectivity index (χ1v) is 10.2. The smallest absolute Gasteiger partial charge is 0.253 e. The van der Waals surface area contributed by atoms with Crippen molar-refractivity contribution in [3.63, 3.8) is 0 Å². The number of piperidine rings is 1. The molecule has 1 fully saturated rings. The van der Waals surface area contributed by atoms with E-state index in [1.165, 1.54) is 0 Å². The molecule has 150 valence electrons. The number of fused-ring (bicyclic) bond motifs is 1. The lowest BCUT2D eigenvalue weighted by Crippen LogP contribution is -2.36. The van der Waals surface area contributed by atoms with Gasteiger partial charge in [-0.3, -0.25) is 19.3 Å². The summed E-state index contributed by atoms with van der Waals surface area (Å²) in [7, 11) is 0. The number of para-hydroxylation sites is 2. The Bertz CT molecular complexity index is 1220. The van der Waals surface area contributed by atoms with Gasteiger partial charge in [-0.1, -0.05) is 12.1 Å². The number of benzene rings is 1. The molecule has 1 aliphatic rings. The summed E-state index contributed by atoms with van der Waals surface area (Å²) in [5.41, 5.74) is 3.33. The number of hydrogen-bond acceptors (Lipinski definition) is 6. The molecule has 1 saturated heterocycles. The second-order valence-corrected chi connectivity index (χ2v) is 7.65. The van der Waals surface area contributed by atoms with E-state index in [1.807, 2.05) is 42.6 Å². The second-order valence-electron chi connectivity index (χ2n) is 7.65. The fourth-order valence-electron chi connectivity index (χ4n) is 3.96. The van der Waals surface area contributed by atoms with Gasteiger partial charge in [-0.2, -0.15) is 0 Å². The first-order valence-electron chi connectivity index (χ1n) is 10.2. The van der Waals surface area contributed by atoms with Gasteiger partial charge in [0.25, 0.3) is 5.56 Å². The van der Waals surface area contributed by atoms with Crippen molar-refractivity contribution >= 4 is 16.9 Å². The molecule has 1 aliphatic heterocycles. The van der Waals surface area contributed by atoms with E-state index in [2.05, 4.69) is 19.9 Å². The molecule has 4 heterocycles. The molecule has 7 nitrogen and oxygen atoms in total. The third kappa shape index (κ3) is 3.78. The SMILES string of the molecule is O=c1cc(-c2cccnc2)ncn1CC1CCN(c2cnc3ccccc3n2)CC1. The van der Waals surface area contributed by atoms with Gasteiger partial charge in [0.05, 0.1) is 29.3 Å². The van der Waals surface area contributed by atoms with E-state index in [0.29, 0.717) is 18.2 Å². The maximum atomic E-state index is 12.6. The molecule has 0 bridgehead atoms. The third-order valence-corrected chi connectivity index (χ3v) is 5.67. The molecule has 0 N–H and O–H groups in total. The number of aromatic nitrogens is 5. The number of nitrogens with zero attached hydrogens (tertiary/aromatic N) is 6. The van der Waals surface area contributed by atoms with Crippen LogP contribution in [0.3, 0.4) is 0 Å². The Morgan fingerprint density at radius 3 is 2.57 bits per heavy atom. The molecule has 0 spiro atoms. The second kappa shape index (κ2) is 8.02. The summed E-state index contributed by atoms with van der Waals surface area (Å²) >= 11 is 0. The van der Waals surface area contributed by atoms with Crippen LogP contribution in [0, 0.1) is 5.92 Å². The lowest BCUT2D eigenvalue weighted by Gasteiger charge is -2.32. The predicted molar refractivity (Wildman–Crippen MR) is 116 cm³/mol. The highest BCUT2D eigenvalue weighted by Crippen LogP contribution is 2.24. The van der Waals surface area contributed by atoms with Gasteiger partial charge in [-0.05, 0) is 43.0 Å². The molecule has 1 aromatic carbocycles. The third-order valence-electron chi connectivity index (χ3n) is 5.67. The molecule has 7 heteroatoms. The van der Waals surface area contributed by atoms with E-state index in [9.17, 15) is 4.79 Å². The van der Waals surface area contributed by atoms with Gasteiger partial charge in [-0.25, -0.2) is 9.97 Å². The summed E-state index contributed by atoms with van der Waals surface area (Å²) in [6.07, 6.45) is 8.95. The zero-order chi connectivity index (χ0) is 20.3. The van der Waals surface area contributed by atoms with Crippen LogP contribution in [0.15, 0.2) is 72.2 Å². The lowest BCUT2D eigenvalue weighted by molar-refractivity contribution is 0.350. The van der Waals surface area contributed by atoms with E-state index in [1.54, 1.807) is 29.4 Å². The van der Waals surface area contributed by atoms with E-state index in [4.69, 9.17) is 4.98 Å². The maximum Gasteiger partial charge on any atom is 0.253 e. The molecule has 0 saturated carbocycles. The minimum atomic E-state index is -0.0216. The molecule has 0 unspecified atom stereocenters. The van der Waals surface area contributed by atoms with Crippen molar-refractivity contribution in [2.75, 3.05) is 18.0 Å². The highest BCUT2D eigenvalue weighted by atomic mass is 16.1. The minimum absolute atomic E-state index is 0.0216. The van der Waals surface area contributed by atoms with Gasteiger partial charge in [-0.15, -0.1) is 0 Å². The number of rotatable bonds is 4. The van der Waals surface area contributed by atoms with Crippen LogP contribution in [0.5, 0.6) is 0 Å². The Kier molecular flexibility index (Phi) is 4.93. The van der Waals surface area contributed by atoms with Crippen LogP contribution in [-0.2, 0) is 6.54 Å². The van der Waals surface area contributed by atoms with E-state index in [0.717, 1.165) is 48.3 Å². The molecule has 0 atom stereocenters. The van der Waals surface area contributed by atoms with Crippen molar-refractivity contribution in [2.24, 2.45) is 5.92 Å².